The lowest BCUT2D eigenvalue weighted by Crippen LogP contribution is -2.05. The molecular formula is C18H16Cl2N4O. The molecule has 1 heterocycles. The molecule has 7 heteroatoms. The average Bonchev–Trinajstić information content (AvgIpc) is 2.63. The minimum Gasteiger partial charge on any atom is -0.496 e. The van der Waals surface area contributed by atoms with E-state index in [1.165, 1.54) is 0 Å². The topological polar surface area (TPSA) is 59.1 Å². The highest BCUT2D eigenvalue weighted by atomic mass is 35.5. The highest BCUT2D eigenvalue weighted by Crippen LogP contribution is 2.27. The molecule has 0 bridgehead atoms. The van der Waals surface area contributed by atoms with E-state index >= 15 is 0 Å². The average molecular weight is 375 g/mol. The molecule has 0 aliphatic heterocycles. The number of ether oxygens (including phenoxy) is 1. The van der Waals surface area contributed by atoms with Crippen molar-refractivity contribution < 1.29 is 4.74 Å². The summed E-state index contributed by atoms with van der Waals surface area (Å²) in [6.07, 6.45) is 1.67. The van der Waals surface area contributed by atoms with Crippen molar-refractivity contribution in [1.29, 1.82) is 0 Å². The second kappa shape index (κ2) is 8.05. The largest absolute Gasteiger partial charge is 0.496 e. The number of aromatic nitrogens is 2. The van der Waals surface area contributed by atoms with Crippen molar-refractivity contribution in [1.82, 2.24) is 9.97 Å². The van der Waals surface area contributed by atoms with Crippen LogP contribution >= 0.6 is 23.2 Å². The number of benzene rings is 2. The molecule has 2 N–H and O–H groups in total. The second-order valence-electron chi connectivity index (χ2n) is 5.18. The first-order chi connectivity index (χ1) is 12.2. The van der Waals surface area contributed by atoms with Gasteiger partial charge < -0.3 is 15.4 Å². The van der Waals surface area contributed by atoms with Crippen LogP contribution in [0.2, 0.25) is 10.0 Å². The van der Waals surface area contributed by atoms with Gasteiger partial charge >= 0.3 is 0 Å². The lowest BCUT2D eigenvalue weighted by Gasteiger charge is -2.11. The van der Waals surface area contributed by atoms with Crippen LogP contribution in [0.25, 0.3) is 0 Å². The predicted octanol–water partition coefficient (Wildman–Crippen LogP) is 5.15. The molecule has 0 spiro atoms. The van der Waals surface area contributed by atoms with Gasteiger partial charge in [0.1, 0.15) is 11.6 Å². The lowest BCUT2D eigenvalue weighted by atomic mass is 10.2. The number of nitrogens with one attached hydrogen (secondary N) is 2. The first-order valence-corrected chi connectivity index (χ1v) is 8.32. The van der Waals surface area contributed by atoms with Crippen LogP contribution in [0.1, 0.15) is 5.56 Å². The second-order valence-corrected chi connectivity index (χ2v) is 6.02. The number of anilines is 3. The zero-order chi connectivity index (χ0) is 17.6. The molecule has 3 rings (SSSR count). The summed E-state index contributed by atoms with van der Waals surface area (Å²) >= 11 is 12.1. The molecule has 25 heavy (non-hydrogen) atoms. The monoisotopic (exact) mass is 374 g/mol. The number of para-hydroxylation sites is 1. The van der Waals surface area contributed by atoms with E-state index in [1.807, 2.05) is 24.3 Å². The van der Waals surface area contributed by atoms with E-state index in [1.54, 1.807) is 37.6 Å². The Balaban J connectivity index is 1.71. The minimum atomic E-state index is 0.439. The van der Waals surface area contributed by atoms with E-state index < -0.39 is 0 Å². The molecular weight excluding hydrogens is 359 g/mol. The van der Waals surface area contributed by atoms with Gasteiger partial charge in [-0.15, -0.1) is 0 Å². The molecule has 1 aromatic heterocycles. The van der Waals surface area contributed by atoms with Crippen molar-refractivity contribution in [2.75, 3.05) is 17.7 Å². The summed E-state index contributed by atoms with van der Waals surface area (Å²) in [6, 6.07) is 14.8. The standard InChI is InChI=1S/C18H16Cl2N4O/c1-25-16-5-3-2-4-12(16)11-22-17-8-9-21-18(24-17)23-15-7-6-13(19)10-14(15)20/h2-10H,11H2,1H3,(H2,21,22,23,24). The van der Waals surface area contributed by atoms with E-state index in [4.69, 9.17) is 27.9 Å². The Labute approximate surface area is 156 Å². The van der Waals surface area contributed by atoms with Gasteiger partial charge in [0.05, 0.1) is 17.8 Å². The van der Waals surface area contributed by atoms with Gasteiger partial charge in [-0.3, -0.25) is 0 Å². The van der Waals surface area contributed by atoms with Crippen LogP contribution in [0.3, 0.4) is 0 Å². The molecule has 0 saturated heterocycles. The Morgan fingerprint density at radius 1 is 1.08 bits per heavy atom. The Bertz CT molecular complexity index is 873. The summed E-state index contributed by atoms with van der Waals surface area (Å²) in [7, 11) is 1.65. The van der Waals surface area contributed by atoms with Gasteiger partial charge in [-0.2, -0.15) is 4.98 Å². The van der Waals surface area contributed by atoms with Gasteiger partial charge in [0, 0.05) is 23.3 Å². The van der Waals surface area contributed by atoms with Crippen molar-refractivity contribution in [2.45, 2.75) is 6.54 Å². The summed E-state index contributed by atoms with van der Waals surface area (Å²) in [5.41, 5.74) is 1.73. The molecule has 3 aromatic rings. The van der Waals surface area contributed by atoms with E-state index in [0.717, 1.165) is 11.3 Å². The number of nitrogens with zero attached hydrogens (tertiary/aromatic N) is 2. The summed E-state index contributed by atoms with van der Waals surface area (Å²) in [6.45, 7) is 0.585. The van der Waals surface area contributed by atoms with Gasteiger partial charge in [0.2, 0.25) is 5.95 Å². The van der Waals surface area contributed by atoms with Gasteiger partial charge in [0.25, 0.3) is 0 Å². The summed E-state index contributed by atoms with van der Waals surface area (Å²) < 4.78 is 5.35. The number of hydrogen-bond acceptors (Lipinski definition) is 5. The summed E-state index contributed by atoms with van der Waals surface area (Å²) in [5.74, 6) is 1.96. The fourth-order valence-corrected chi connectivity index (χ4v) is 2.72. The smallest absolute Gasteiger partial charge is 0.229 e. The van der Waals surface area contributed by atoms with Crippen LogP contribution in [0.15, 0.2) is 54.7 Å². The number of methoxy groups -OCH3 is 1. The minimum absolute atomic E-state index is 0.439. The van der Waals surface area contributed by atoms with Crippen molar-refractivity contribution in [3.05, 3.63) is 70.3 Å². The normalized spacial score (nSPS) is 10.4. The third-order valence-corrected chi connectivity index (χ3v) is 4.03. The fourth-order valence-electron chi connectivity index (χ4n) is 2.26. The third kappa shape index (κ3) is 4.53. The molecule has 128 valence electrons. The van der Waals surface area contributed by atoms with Crippen LogP contribution in [-0.4, -0.2) is 17.1 Å². The molecule has 0 amide bonds. The highest BCUT2D eigenvalue weighted by Gasteiger charge is 2.06. The molecule has 5 nitrogen and oxygen atoms in total. The van der Waals surface area contributed by atoms with Gasteiger partial charge in [-0.05, 0) is 30.3 Å². The summed E-state index contributed by atoms with van der Waals surface area (Å²) in [5, 5.41) is 7.42. The van der Waals surface area contributed by atoms with Crippen molar-refractivity contribution >= 4 is 40.7 Å². The van der Waals surface area contributed by atoms with Crippen molar-refractivity contribution in [3.8, 4) is 5.75 Å². The van der Waals surface area contributed by atoms with E-state index in [0.29, 0.717) is 34.0 Å². The maximum absolute atomic E-state index is 6.16. The van der Waals surface area contributed by atoms with E-state index in [2.05, 4.69) is 20.6 Å². The van der Waals surface area contributed by atoms with Gasteiger partial charge in [-0.1, -0.05) is 41.4 Å². The van der Waals surface area contributed by atoms with Crippen LogP contribution in [0.5, 0.6) is 5.75 Å². The van der Waals surface area contributed by atoms with Crippen LogP contribution in [0, 0.1) is 0 Å². The fraction of sp³-hybridized carbons (Fsp3) is 0.111. The Morgan fingerprint density at radius 3 is 2.72 bits per heavy atom. The van der Waals surface area contributed by atoms with Crippen LogP contribution < -0.4 is 15.4 Å². The van der Waals surface area contributed by atoms with Crippen LogP contribution in [-0.2, 0) is 6.54 Å². The molecule has 2 aromatic carbocycles. The Morgan fingerprint density at radius 2 is 1.92 bits per heavy atom. The molecule has 0 saturated carbocycles. The van der Waals surface area contributed by atoms with E-state index in [-0.39, 0.29) is 0 Å². The highest BCUT2D eigenvalue weighted by molar-refractivity contribution is 6.36. The number of hydrogen-bond donors (Lipinski definition) is 2. The quantitative estimate of drug-likeness (QED) is 0.624. The molecule has 0 atom stereocenters. The molecule has 0 radical (unpaired) electrons. The van der Waals surface area contributed by atoms with Crippen molar-refractivity contribution in [2.24, 2.45) is 0 Å². The van der Waals surface area contributed by atoms with E-state index in [9.17, 15) is 0 Å². The SMILES string of the molecule is COc1ccccc1CNc1ccnc(Nc2ccc(Cl)cc2Cl)n1. The first-order valence-electron chi connectivity index (χ1n) is 7.56. The number of halogens is 2. The Kier molecular flexibility index (Phi) is 5.58. The summed E-state index contributed by atoms with van der Waals surface area (Å²) in [4.78, 5) is 8.64. The molecule has 0 unspecified atom stereocenters. The van der Waals surface area contributed by atoms with Crippen molar-refractivity contribution in [3.63, 3.8) is 0 Å². The zero-order valence-electron chi connectivity index (χ0n) is 13.5. The molecule has 0 fully saturated rings. The van der Waals surface area contributed by atoms with Gasteiger partial charge in [0.15, 0.2) is 0 Å². The van der Waals surface area contributed by atoms with Gasteiger partial charge in [-0.25, -0.2) is 4.98 Å². The number of rotatable bonds is 6. The lowest BCUT2D eigenvalue weighted by molar-refractivity contribution is 0.410. The first kappa shape index (κ1) is 17.3. The maximum Gasteiger partial charge on any atom is 0.229 e. The third-order valence-electron chi connectivity index (χ3n) is 3.49. The maximum atomic E-state index is 6.16. The molecule has 0 aliphatic carbocycles. The molecule has 0 aliphatic rings. The predicted molar refractivity (Wildman–Crippen MR) is 102 cm³/mol. The van der Waals surface area contributed by atoms with Crippen LogP contribution in [0.4, 0.5) is 17.5 Å². The Hall–Kier alpha value is -2.50. The zero-order valence-corrected chi connectivity index (χ0v) is 15.0.